The molecule has 0 saturated heterocycles. The molecule has 2 rings (SSSR count). The lowest BCUT2D eigenvalue weighted by atomic mass is 10.0. The highest BCUT2D eigenvalue weighted by molar-refractivity contribution is 9.12. The number of allylic oxidation sites excluding steroid dienone is 8. The number of fused-ring (bicyclic) bond motifs is 1. The molecular weight excluding hydrogens is 238 g/mol. The van der Waals surface area contributed by atoms with Crippen LogP contribution in [0, 0.1) is 0 Å². The van der Waals surface area contributed by atoms with E-state index < -0.39 is 0 Å². The smallest absolute Gasteiger partial charge is 0.0458 e. The second kappa shape index (κ2) is 3.62. The van der Waals surface area contributed by atoms with Crippen LogP contribution < -0.4 is 5.32 Å². The fraction of sp³-hybridized carbons (Fsp3) is 0.167. The van der Waals surface area contributed by atoms with E-state index in [4.69, 9.17) is 0 Å². The Morgan fingerprint density at radius 1 is 1.14 bits per heavy atom. The van der Waals surface area contributed by atoms with Gasteiger partial charge in [-0.1, -0.05) is 24.3 Å². The van der Waals surface area contributed by atoms with Crippen LogP contribution in [0.1, 0.15) is 13.8 Å². The second-order valence-corrected chi connectivity index (χ2v) is 4.22. The van der Waals surface area contributed by atoms with E-state index in [0.29, 0.717) is 0 Å². The van der Waals surface area contributed by atoms with Crippen molar-refractivity contribution < 1.29 is 0 Å². The maximum atomic E-state index is 3.58. The molecule has 1 aliphatic carbocycles. The zero-order valence-corrected chi connectivity index (χ0v) is 9.85. The Hall–Kier alpha value is -1.02. The molecule has 0 atom stereocenters. The van der Waals surface area contributed by atoms with Crippen LogP contribution in [0.25, 0.3) is 0 Å². The third-order valence-corrected chi connectivity index (χ3v) is 3.61. The monoisotopic (exact) mass is 249 g/mol. The van der Waals surface area contributed by atoms with Crippen LogP contribution in [-0.4, -0.2) is 0 Å². The molecule has 0 radical (unpaired) electrons. The first-order valence-electron chi connectivity index (χ1n) is 4.60. The molecule has 0 fully saturated rings. The Bertz CT molecular complexity index is 420. The number of dihydropyridines is 1. The van der Waals surface area contributed by atoms with Gasteiger partial charge in [0.1, 0.15) is 0 Å². The van der Waals surface area contributed by atoms with Crippen molar-refractivity contribution in [1.29, 1.82) is 0 Å². The second-order valence-electron chi connectivity index (χ2n) is 3.43. The zero-order chi connectivity index (χ0) is 10.1. The molecule has 0 aromatic rings. The van der Waals surface area contributed by atoms with Crippen molar-refractivity contribution in [3.63, 3.8) is 0 Å². The Kier molecular flexibility index (Phi) is 2.46. The Morgan fingerprint density at radius 2 is 1.93 bits per heavy atom. The van der Waals surface area contributed by atoms with E-state index >= 15 is 0 Å². The van der Waals surface area contributed by atoms with Crippen LogP contribution in [0.15, 0.2) is 57.4 Å². The van der Waals surface area contributed by atoms with Gasteiger partial charge in [-0.25, -0.2) is 0 Å². The van der Waals surface area contributed by atoms with Crippen molar-refractivity contribution >= 4 is 15.9 Å². The van der Waals surface area contributed by atoms with E-state index in [-0.39, 0.29) is 0 Å². The Labute approximate surface area is 92.7 Å². The number of halogens is 1. The van der Waals surface area contributed by atoms with Crippen LogP contribution in [0.2, 0.25) is 0 Å². The molecule has 1 nitrogen and oxygen atoms in total. The summed E-state index contributed by atoms with van der Waals surface area (Å²) in [6, 6.07) is 0. The minimum Gasteiger partial charge on any atom is -0.358 e. The van der Waals surface area contributed by atoms with Gasteiger partial charge in [0.05, 0.1) is 0 Å². The summed E-state index contributed by atoms with van der Waals surface area (Å²) < 4.78 is 1.16. The average Bonchev–Trinajstić information content (AvgIpc) is 2.39. The van der Waals surface area contributed by atoms with E-state index in [9.17, 15) is 0 Å². The fourth-order valence-electron chi connectivity index (χ4n) is 1.64. The summed E-state index contributed by atoms with van der Waals surface area (Å²) in [5.74, 6) is 0. The summed E-state index contributed by atoms with van der Waals surface area (Å²) in [5, 5.41) is 3.37. The van der Waals surface area contributed by atoms with Gasteiger partial charge in [0, 0.05) is 21.4 Å². The molecule has 14 heavy (non-hydrogen) atoms. The molecule has 1 heterocycles. The molecule has 1 N–H and O–H groups in total. The van der Waals surface area contributed by atoms with Gasteiger partial charge in [0.25, 0.3) is 0 Å². The maximum Gasteiger partial charge on any atom is 0.0458 e. The molecule has 2 aliphatic rings. The predicted octanol–water partition coefficient (Wildman–Crippen LogP) is 3.54. The van der Waals surface area contributed by atoms with E-state index in [1.165, 1.54) is 22.5 Å². The topological polar surface area (TPSA) is 12.0 Å². The normalized spacial score (nSPS) is 20.4. The van der Waals surface area contributed by atoms with Crippen LogP contribution in [0.4, 0.5) is 0 Å². The van der Waals surface area contributed by atoms with Crippen LogP contribution in [0.3, 0.4) is 0 Å². The lowest BCUT2D eigenvalue weighted by Crippen LogP contribution is -2.18. The first-order chi connectivity index (χ1) is 6.70. The minimum atomic E-state index is 1.16. The van der Waals surface area contributed by atoms with E-state index in [0.717, 1.165) is 4.48 Å². The van der Waals surface area contributed by atoms with Crippen molar-refractivity contribution in [3.05, 3.63) is 57.4 Å². The van der Waals surface area contributed by atoms with Crippen LogP contribution in [-0.2, 0) is 0 Å². The molecule has 1 aliphatic heterocycles. The van der Waals surface area contributed by atoms with Gasteiger partial charge in [0.15, 0.2) is 0 Å². The average molecular weight is 250 g/mol. The maximum absolute atomic E-state index is 3.58. The summed E-state index contributed by atoms with van der Waals surface area (Å²) in [4.78, 5) is 0. The molecular formula is C12H12BrN. The highest BCUT2D eigenvalue weighted by atomic mass is 79.9. The standard InChI is InChI=1S/C12H12BrN/c1-8-10-6-4-3-5-7-11(10)14-9(2)12(8)13/h3-7,14H,1-2H3. The largest absolute Gasteiger partial charge is 0.358 e. The number of nitrogens with one attached hydrogen (secondary N) is 1. The van der Waals surface area contributed by atoms with Gasteiger partial charge in [-0.05, 0) is 41.4 Å². The highest BCUT2D eigenvalue weighted by Gasteiger charge is 2.16. The van der Waals surface area contributed by atoms with Gasteiger partial charge < -0.3 is 5.32 Å². The van der Waals surface area contributed by atoms with Crippen molar-refractivity contribution in [2.75, 3.05) is 0 Å². The molecule has 0 aromatic carbocycles. The Balaban J connectivity index is 2.58. The summed E-state index contributed by atoms with van der Waals surface area (Å²) >= 11 is 3.58. The van der Waals surface area contributed by atoms with E-state index in [1.54, 1.807) is 0 Å². The number of rotatable bonds is 0. The molecule has 0 unspecified atom stereocenters. The van der Waals surface area contributed by atoms with E-state index in [2.05, 4.69) is 53.3 Å². The molecule has 0 bridgehead atoms. The van der Waals surface area contributed by atoms with Gasteiger partial charge in [0.2, 0.25) is 0 Å². The Morgan fingerprint density at radius 3 is 2.71 bits per heavy atom. The third kappa shape index (κ3) is 1.50. The molecule has 0 saturated carbocycles. The lowest BCUT2D eigenvalue weighted by Gasteiger charge is -2.22. The number of hydrogen-bond acceptors (Lipinski definition) is 1. The minimum absolute atomic E-state index is 1.16. The third-order valence-electron chi connectivity index (χ3n) is 2.42. The molecule has 0 amide bonds. The van der Waals surface area contributed by atoms with Crippen LogP contribution >= 0.6 is 15.9 Å². The van der Waals surface area contributed by atoms with Crippen LogP contribution in [0.5, 0.6) is 0 Å². The van der Waals surface area contributed by atoms with E-state index in [1.807, 2.05) is 12.2 Å². The summed E-state index contributed by atoms with van der Waals surface area (Å²) in [7, 11) is 0. The van der Waals surface area contributed by atoms with Crippen molar-refractivity contribution in [3.8, 4) is 0 Å². The van der Waals surface area contributed by atoms with Gasteiger partial charge in [-0.2, -0.15) is 0 Å². The summed E-state index contributed by atoms with van der Waals surface area (Å²) in [6.45, 7) is 4.21. The summed E-state index contributed by atoms with van der Waals surface area (Å²) in [6.07, 6.45) is 10.4. The lowest BCUT2D eigenvalue weighted by molar-refractivity contribution is 0.952. The number of hydrogen-bond donors (Lipinski definition) is 1. The van der Waals surface area contributed by atoms with Crippen molar-refractivity contribution in [1.82, 2.24) is 5.32 Å². The first kappa shape index (κ1) is 9.53. The molecule has 0 spiro atoms. The fourth-order valence-corrected chi connectivity index (χ4v) is 1.95. The summed E-state index contributed by atoms with van der Waals surface area (Å²) in [5.41, 5.74) is 4.88. The quantitative estimate of drug-likeness (QED) is 0.693. The van der Waals surface area contributed by atoms with Crippen molar-refractivity contribution in [2.24, 2.45) is 0 Å². The SMILES string of the molecule is CC1=C(Br)C(C)=C2C=CC=CC=C2N1. The first-order valence-corrected chi connectivity index (χ1v) is 5.39. The highest BCUT2D eigenvalue weighted by Crippen LogP contribution is 2.32. The van der Waals surface area contributed by atoms with Gasteiger partial charge in [-0.3, -0.25) is 0 Å². The van der Waals surface area contributed by atoms with Gasteiger partial charge >= 0.3 is 0 Å². The zero-order valence-electron chi connectivity index (χ0n) is 8.26. The van der Waals surface area contributed by atoms with Crippen molar-refractivity contribution in [2.45, 2.75) is 13.8 Å². The molecule has 2 heteroatoms. The predicted molar refractivity (Wildman–Crippen MR) is 63.8 cm³/mol. The molecule has 72 valence electrons. The van der Waals surface area contributed by atoms with Gasteiger partial charge in [-0.15, -0.1) is 0 Å². The molecule has 0 aromatic heterocycles.